The van der Waals surface area contributed by atoms with Crippen LogP contribution in [0.25, 0.3) is 0 Å². The number of aliphatic carboxylic acids is 1. The summed E-state index contributed by atoms with van der Waals surface area (Å²) in [6.07, 6.45) is 3.16. The highest BCUT2D eigenvalue weighted by molar-refractivity contribution is 5.79. The molecule has 0 aromatic carbocycles. The van der Waals surface area contributed by atoms with Gasteiger partial charge in [0.25, 0.3) is 0 Å². The summed E-state index contributed by atoms with van der Waals surface area (Å²) in [6, 6.07) is -0.422. The van der Waals surface area contributed by atoms with E-state index >= 15 is 0 Å². The Bertz CT molecular complexity index is 374. The second kappa shape index (κ2) is 5.36. The zero-order chi connectivity index (χ0) is 14.0. The summed E-state index contributed by atoms with van der Waals surface area (Å²) in [5, 5.41) is 12.1. The van der Waals surface area contributed by atoms with E-state index in [1.54, 1.807) is 11.8 Å². The van der Waals surface area contributed by atoms with Crippen molar-refractivity contribution in [2.24, 2.45) is 5.41 Å². The van der Waals surface area contributed by atoms with E-state index in [-0.39, 0.29) is 25.3 Å². The Balaban J connectivity index is 2.00. The Hall–Kier alpha value is -1.30. The average molecular weight is 270 g/mol. The first-order valence-corrected chi connectivity index (χ1v) is 6.83. The number of amides is 2. The van der Waals surface area contributed by atoms with Gasteiger partial charge in [-0.3, -0.25) is 4.79 Å². The van der Waals surface area contributed by atoms with E-state index in [9.17, 15) is 14.7 Å². The number of ether oxygens (including phenoxy) is 1. The van der Waals surface area contributed by atoms with Crippen LogP contribution in [0.2, 0.25) is 0 Å². The third-order valence-electron chi connectivity index (χ3n) is 4.31. The Kier molecular flexibility index (Phi) is 3.99. The zero-order valence-corrected chi connectivity index (χ0v) is 11.5. The Morgan fingerprint density at radius 2 is 2.16 bits per heavy atom. The summed E-state index contributed by atoms with van der Waals surface area (Å²) in [5.74, 6) is -0.929. The van der Waals surface area contributed by atoms with Crippen LogP contribution in [0.3, 0.4) is 0 Å². The lowest BCUT2D eigenvalue weighted by molar-refractivity contribution is -0.148. The molecule has 0 saturated carbocycles. The first kappa shape index (κ1) is 14.1. The van der Waals surface area contributed by atoms with Crippen molar-refractivity contribution < 1.29 is 19.4 Å². The fraction of sp³-hybridized carbons (Fsp3) is 0.846. The Morgan fingerprint density at radius 3 is 2.79 bits per heavy atom. The molecule has 0 radical (unpaired) electrons. The van der Waals surface area contributed by atoms with Gasteiger partial charge < -0.3 is 20.1 Å². The first-order valence-electron chi connectivity index (χ1n) is 6.83. The quantitative estimate of drug-likeness (QED) is 0.786. The van der Waals surface area contributed by atoms with Gasteiger partial charge in [-0.25, -0.2) is 4.79 Å². The largest absolute Gasteiger partial charge is 0.481 e. The minimum atomic E-state index is -1.03. The molecular formula is C13H22N2O4. The molecule has 2 aliphatic heterocycles. The maximum atomic E-state index is 12.2. The molecule has 108 valence electrons. The lowest BCUT2D eigenvalue weighted by Gasteiger charge is -2.35. The number of rotatable bonds is 2. The molecule has 3 unspecified atom stereocenters. The molecule has 19 heavy (non-hydrogen) atoms. The van der Waals surface area contributed by atoms with Gasteiger partial charge in [0.05, 0.1) is 19.3 Å². The zero-order valence-electron chi connectivity index (χ0n) is 11.5. The van der Waals surface area contributed by atoms with Gasteiger partial charge in [0.1, 0.15) is 5.41 Å². The lowest BCUT2D eigenvalue weighted by atomic mass is 9.85. The molecule has 2 N–H and O–H groups in total. The van der Waals surface area contributed by atoms with Crippen molar-refractivity contribution >= 4 is 12.0 Å². The van der Waals surface area contributed by atoms with E-state index < -0.39 is 17.4 Å². The minimum Gasteiger partial charge on any atom is -0.481 e. The number of urea groups is 1. The summed E-state index contributed by atoms with van der Waals surface area (Å²) in [7, 11) is 0. The minimum absolute atomic E-state index is 0.142. The van der Waals surface area contributed by atoms with Gasteiger partial charge >= 0.3 is 12.0 Å². The number of piperidine rings is 1. The van der Waals surface area contributed by atoms with Crippen LogP contribution in [0.15, 0.2) is 0 Å². The molecule has 2 aliphatic rings. The van der Waals surface area contributed by atoms with Crippen LogP contribution in [0.4, 0.5) is 4.79 Å². The summed E-state index contributed by atoms with van der Waals surface area (Å²) >= 11 is 0. The number of carbonyl (C=O) groups excluding carboxylic acids is 1. The maximum Gasteiger partial charge on any atom is 0.317 e. The standard InChI is InChI=1S/C13H22N2O4/c1-9-5-3-4-6-15(9)12(18)14-10-7-19-8-13(10,2)11(16)17/h9-10H,3-8H2,1-2H3,(H,14,18)(H,16,17). The van der Waals surface area contributed by atoms with Gasteiger partial charge in [-0.05, 0) is 33.1 Å². The average Bonchev–Trinajstić information content (AvgIpc) is 2.73. The summed E-state index contributed by atoms with van der Waals surface area (Å²) < 4.78 is 5.24. The highest BCUT2D eigenvalue weighted by Crippen LogP contribution is 2.29. The van der Waals surface area contributed by atoms with Crippen LogP contribution in [0.5, 0.6) is 0 Å². The van der Waals surface area contributed by atoms with Gasteiger partial charge in [-0.1, -0.05) is 0 Å². The summed E-state index contributed by atoms with van der Waals surface area (Å²) in [4.78, 5) is 25.3. The molecule has 0 aromatic rings. The van der Waals surface area contributed by atoms with Crippen molar-refractivity contribution in [3.63, 3.8) is 0 Å². The van der Waals surface area contributed by atoms with Crippen LogP contribution in [-0.4, -0.2) is 53.8 Å². The van der Waals surface area contributed by atoms with Crippen molar-refractivity contribution in [3.8, 4) is 0 Å². The van der Waals surface area contributed by atoms with E-state index in [0.29, 0.717) is 0 Å². The van der Waals surface area contributed by atoms with Gasteiger partial charge in [0, 0.05) is 12.6 Å². The van der Waals surface area contributed by atoms with E-state index in [4.69, 9.17) is 4.74 Å². The van der Waals surface area contributed by atoms with Gasteiger partial charge in [0.15, 0.2) is 0 Å². The van der Waals surface area contributed by atoms with Crippen LogP contribution < -0.4 is 5.32 Å². The predicted octanol–water partition coefficient (Wildman–Crippen LogP) is 1.06. The molecule has 6 heteroatoms. The van der Waals surface area contributed by atoms with Crippen LogP contribution in [0.1, 0.15) is 33.1 Å². The number of nitrogens with zero attached hydrogens (tertiary/aromatic N) is 1. The van der Waals surface area contributed by atoms with Crippen molar-refractivity contribution in [2.75, 3.05) is 19.8 Å². The van der Waals surface area contributed by atoms with E-state index in [1.165, 1.54) is 0 Å². The second-order valence-electron chi connectivity index (χ2n) is 5.78. The summed E-state index contributed by atoms with van der Waals surface area (Å²) in [5.41, 5.74) is -1.03. The number of likely N-dealkylation sites (tertiary alicyclic amines) is 1. The number of carbonyl (C=O) groups is 2. The highest BCUT2D eigenvalue weighted by atomic mass is 16.5. The van der Waals surface area contributed by atoms with Gasteiger partial charge in [-0.2, -0.15) is 0 Å². The smallest absolute Gasteiger partial charge is 0.317 e. The molecule has 0 aromatic heterocycles. The van der Waals surface area contributed by atoms with Crippen molar-refractivity contribution in [2.45, 2.75) is 45.2 Å². The number of hydrogen-bond acceptors (Lipinski definition) is 3. The van der Waals surface area contributed by atoms with Crippen LogP contribution >= 0.6 is 0 Å². The predicted molar refractivity (Wildman–Crippen MR) is 68.9 cm³/mol. The molecule has 2 saturated heterocycles. The van der Waals surface area contributed by atoms with Gasteiger partial charge in [-0.15, -0.1) is 0 Å². The monoisotopic (exact) mass is 270 g/mol. The number of carboxylic acid groups (broad SMARTS) is 1. The van der Waals surface area contributed by atoms with Crippen molar-refractivity contribution in [1.29, 1.82) is 0 Å². The molecule has 0 spiro atoms. The van der Waals surface area contributed by atoms with Gasteiger partial charge in [0.2, 0.25) is 0 Å². The third kappa shape index (κ3) is 2.68. The normalized spacial score (nSPS) is 35.2. The SMILES string of the molecule is CC1CCCCN1C(=O)NC1COCC1(C)C(=O)O. The molecule has 0 bridgehead atoms. The number of hydrogen-bond donors (Lipinski definition) is 2. The molecule has 6 nitrogen and oxygen atoms in total. The molecular weight excluding hydrogens is 248 g/mol. The maximum absolute atomic E-state index is 12.2. The number of carboxylic acids is 1. The highest BCUT2D eigenvalue weighted by Gasteiger charge is 2.47. The van der Waals surface area contributed by atoms with Crippen LogP contribution in [0, 0.1) is 5.41 Å². The van der Waals surface area contributed by atoms with E-state index in [0.717, 1.165) is 25.8 Å². The van der Waals surface area contributed by atoms with Crippen LogP contribution in [-0.2, 0) is 9.53 Å². The van der Waals surface area contributed by atoms with Crippen molar-refractivity contribution in [1.82, 2.24) is 10.2 Å². The van der Waals surface area contributed by atoms with Crippen molar-refractivity contribution in [3.05, 3.63) is 0 Å². The second-order valence-corrected chi connectivity index (χ2v) is 5.78. The first-order chi connectivity index (χ1) is 8.95. The molecule has 0 aliphatic carbocycles. The molecule has 3 atom stereocenters. The topological polar surface area (TPSA) is 78.9 Å². The molecule has 2 fully saturated rings. The van der Waals surface area contributed by atoms with E-state index in [1.807, 2.05) is 6.92 Å². The molecule has 2 amide bonds. The Labute approximate surface area is 113 Å². The lowest BCUT2D eigenvalue weighted by Crippen LogP contribution is -2.55. The Morgan fingerprint density at radius 1 is 1.42 bits per heavy atom. The number of nitrogens with one attached hydrogen (secondary N) is 1. The molecule has 2 heterocycles. The van der Waals surface area contributed by atoms with E-state index in [2.05, 4.69) is 5.32 Å². The summed E-state index contributed by atoms with van der Waals surface area (Å²) in [6.45, 7) is 4.79. The fourth-order valence-electron chi connectivity index (χ4n) is 2.72. The fourth-order valence-corrected chi connectivity index (χ4v) is 2.72. The molecule has 2 rings (SSSR count). The third-order valence-corrected chi connectivity index (χ3v) is 4.31.